The summed E-state index contributed by atoms with van der Waals surface area (Å²) in [5, 5.41) is 0.263. The number of halogens is 2. The average molecular weight is 439 g/mol. The summed E-state index contributed by atoms with van der Waals surface area (Å²) in [6.45, 7) is 4.40. The molecule has 0 radical (unpaired) electrons. The Morgan fingerprint density at radius 3 is 2.28 bits per heavy atom. The zero-order chi connectivity index (χ0) is 21.6. The maximum absolute atomic E-state index is 13.9. The van der Waals surface area contributed by atoms with Gasteiger partial charge in [0.1, 0.15) is 5.82 Å². The Bertz CT molecular complexity index is 967. The predicted octanol–water partition coefficient (Wildman–Crippen LogP) is 4.18. The maximum atomic E-state index is 13.9. The Hall–Kier alpha value is -2.22. The molecule has 0 saturated heterocycles. The summed E-state index contributed by atoms with van der Waals surface area (Å²) >= 11 is 6.00. The van der Waals surface area contributed by atoms with E-state index in [1.807, 2.05) is 0 Å². The number of carbonyl (C=O) groups excluding carboxylic acids is 1. The first-order valence-corrected chi connectivity index (χ1v) is 11.0. The van der Waals surface area contributed by atoms with Crippen molar-refractivity contribution in [3.63, 3.8) is 0 Å². The molecule has 8 heteroatoms. The number of hydrogen-bond acceptors (Lipinski definition) is 3. The van der Waals surface area contributed by atoms with Gasteiger partial charge >= 0.3 is 0 Å². The Balaban J connectivity index is 2.08. The van der Waals surface area contributed by atoms with E-state index < -0.39 is 15.8 Å². The fourth-order valence-electron chi connectivity index (χ4n) is 2.76. The van der Waals surface area contributed by atoms with E-state index in [0.29, 0.717) is 18.7 Å². The van der Waals surface area contributed by atoms with Gasteiger partial charge in [-0.3, -0.25) is 4.79 Å². The lowest BCUT2D eigenvalue weighted by atomic mass is 10.2. The molecule has 1 amide bonds. The number of nitrogens with zero attached hydrogens (tertiary/aromatic N) is 2. The summed E-state index contributed by atoms with van der Waals surface area (Å²) in [5.41, 5.74) is 0.929. The van der Waals surface area contributed by atoms with Crippen LogP contribution in [-0.4, -0.2) is 43.7 Å². The molecule has 0 aliphatic carbocycles. The van der Waals surface area contributed by atoms with Crippen molar-refractivity contribution in [3.05, 3.63) is 70.5 Å². The van der Waals surface area contributed by atoms with Crippen LogP contribution in [0, 0.1) is 5.82 Å². The van der Waals surface area contributed by atoms with Gasteiger partial charge in [0.15, 0.2) is 0 Å². The lowest BCUT2D eigenvalue weighted by Gasteiger charge is -2.18. The Kier molecular flexibility index (Phi) is 7.96. The number of carbonyl (C=O) groups is 1. The van der Waals surface area contributed by atoms with Crippen LogP contribution in [0.5, 0.6) is 0 Å². The summed E-state index contributed by atoms with van der Waals surface area (Å²) in [5.74, 6) is -0.796. The van der Waals surface area contributed by atoms with E-state index in [9.17, 15) is 17.6 Å². The Labute approximate surface area is 176 Å². The standard InChI is InChI=1S/C21H24ClFN2O3S/c1-4-25(5-2)29(27,28)17-12-9-16(10-13-17)11-14-21(26)24(3)15-18-19(22)7-6-8-20(18)23/h6-14H,4-5,15H2,1-3H3/b14-11+. The molecule has 2 rings (SSSR count). The van der Waals surface area contributed by atoms with Crippen LogP contribution in [0.3, 0.4) is 0 Å². The lowest BCUT2D eigenvalue weighted by Crippen LogP contribution is -2.30. The van der Waals surface area contributed by atoms with Gasteiger partial charge < -0.3 is 4.90 Å². The molecule has 0 aliphatic heterocycles. The van der Waals surface area contributed by atoms with Gasteiger partial charge in [-0.2, -0.15) is 4.31 Å². The van der Waals surface area contributed by atoms with Crippen LogP contribution in [-0.2, 0) is 21.4 Å². The van der Waals surface area contributed by atoms with Gasteiger partial charge in [0, 0.05) is 43.3 Å². The number of sulfonamides is 1. The summed E-state index contributed by atoms with van der Waals surface area (Å²) in [6.07, 6.45) is 2.93. The SMILES string of the molecule is CCN(CC)S(=O)(=O)c1ccc(/C=C/C(=O)N(C)Cc2c(F)cccc2Cl)cc1. The lowest BCUT2D eigenvalue weighted by molar-refractivity contribution is -0.125. The first-order valence-electron chi connectivity index (χ1n) is 9.17. The molecule has 0 aromatic heterocycles. The van der Waals surface area contributed by atoms with E-state index >= 15 is 0 Å². The molecule has 29 heavy (non-hydrogen) atoms. The normalized spacial score (nSPS) is 11.9. The van der Waals surface area contributed by atoms with Gasteiger partial charge in [0.2, 0.25) is 15.9 Å². The molecule has 0 atom stereocenters. The van der Waals surface area contributed by atoms with E-state index in [0.717, 1.165) is 0 Å². The van der Waals surface area contributed by atoms with Crippen LogP contribution in [0.15, 0.2) is 53.4 Å². The van der Waals surface area contributed by atoms with Crippen LogP contribution < -0.4 is 0 Å². The fraction of sp³-hybridized carbons (Fsp3) is 0.286. The molecule has 2 aromatic rings. The molecule has 0 bridgehead atoms. The maximum Gasteiger partial charge on any atom is 0.246 e. The number of amides is 1. The van der Waals surface area contributed by atoms with Gasteiger partial charge in [0.25, 0.3) is 0 Å². The third kappa shape index (κ3) is 5.65. The molecule has 0 aliphatic rings. The van der Waals surface area contributed by atoms with E-state index in [2.05, 4.69) is 0 Å². The number of hydrogen-bond donors (Lipinski definition) is 0. The van der Waals surface area contributed by atoms with Crippen molar-refractivity contribution in [2.24, 2.45) is 0 Å². The van der Waals surface area contributed by atoms with Crippen LogP contribution in [0.2, 0.25) is 5.02 Å². The minimum Gasteiger partial charge on any atom is -0.338 e. The number of likely N-dealkylation sites (N-methyl/N-ethyl adjacent to an activating group) is 1. The molecule has 0 unspecified atom stereocenters. The van der Waals surface area contributed by atoms with Crippen LogP contribution in [0.1, 0.15) is 25.0 Å². The quantitative estimate of drug-likeness (QED) is 0.581. The second-order valence-corrected chi connectivity index (χ2v) is 8.73. The largest absolute Gasteiger partial charge is 0.338 e. The third-order valence-electron chi connectivity index (χ3n) is 4.47. The van der Waals surface area contributed by atoms with Crippen molar-refractivity contribution in [1.82, 2.24) is 9.21 Å². The van der Waals surface area contributed by atoms with Crippen molar-refractivity contribution in [3.8, 4) is 0 Å². The second kappa shape index (κ2) is 10.0. The monoisotopic (exact) mass is 438 g/mol. The average Bonchev–Trinajstić information content (AvgIpc) is 2.70. The van der Waals surface area contributed by atoms with E-state index in [4.69, 9.17) is 11.6 Å². The van der Waals surface area contributed by atoms with Crippen molar-refractivity contribution < 1.29 is 17.6 Å². The fourth-order valence-corrected chi connectivity index (χ4v) is 4.44. The van der Waals surface area contributed by atoms with Crippen LogP contribution >= 0.6 is 11.6 Å². The van der Waals surface area contributed by atoms with E-state index in [1.165, 1.54) is 39.5 Å². The third-order valence-corrected chi connectivity index (χ3v) is 6.89. The molecule has 2 aromatic carbocycles. The molecule has 0 fully saturated rings. The summed E-state index contributed by atoms with van der Waals surface area (Å²) in [7, 11) is -1.97. The summed E-state index contributed by atoms with van der Waals surface area (Å²) in [6, 6.07) is 10.7. The highest BCUT2D eigenvalue weighted by Gasteiger charge is 2.21. The van der Waals surface area contributed by atoms with Crippen molar-refractivity contribution in [1.29, 1.82) is 0 Å². The molecule has 0 spiro atoms. The van der Waals surface area contributed by atoms with Crippen LogP contribution in [0.25, 0.3) is 6.08 Å². The smallest absolute Gasteiger partial charge is 0.246 e. The second-order valence-electron chi connectivity index (χ2n) is 6.39. The van der Waals surface area contributed by atoms with E-state index in [-0.39, 0.29) is 27.9 Å². The minimum atomic E-state index is -3.52. The minimum absolute atomic E-state index is 0.0374. The first kappa shape index (κ1) is 23.1. The highest BCUT2D eigenvalue weighted by molar-refractivity contribution is 7.89. The number of benzene rings is 2. The molecule has 0 heterocycles. The molecule has 5 nitrogen and oxygen atoms in total. The van der Waals surface area contributed by atoms with E-state index in [1.54, 1.807) is 45.2 Å². The summed E-state index contributed by atoms with van der Waals surface area (Å²) in [4.78, 5) is 13.9. The zero-order valence-electron chi connectivity index (χ0n) is 16.6. The highest BCUT2D eigenvalue weighted by Crippen LogP contribution is 2.21. The van der Waals surface area contributed by atoms with Crippen molar-refractivity contribution in [2.75, 3.05) is 20.1 Å². The number of rotatable bonds is 8. The molecular weight excluding hydrogens is 415 g/mol. The van der Waals surface area contributed by atoms with Crippen LogP contribution in [0.4, 0.5) is 4.39 Å². The first-order chi connectivity index (χ1) is 13.7. The highest BCUT2D eigenvalue weighted by atomic mass is 35.5. The van der Waals surface area contributed by atoms with Gasteiger partial charge in [0.05, 0.1) is 4.90 Å². The Morgan fingerprint density at radius 1 is 1.10 bits per heavy atom. The van der Waals surface area contributed by atoms with Gasteiger partial charge in [-0.1, -0.05) is 43.6 Å². The van der Waals surface area contributed by atoms with Gasteiger partial charge in [-0.25, -0.2) is 12.8 Å². The Morgan fingerprint density at radius 2 is 1.72 bits per heavy atom. The predicted molar refractivity (Wildman–Crippen MR) is 113 cm³/mol. The molecule has 0 saturated carbocycles. The van der Waals surface area contributed by atoms with Gasteiger partial charge in [-0.05, 0) is 35.9 Å². The van der Waals surface area contributed by atoms with Gasteiger partial charge in [-0.15, -0.1) is 0 Å². The zero-order valence-corrected chi connectivity index (χ0v) is 18.2. The molecular formula is C21H24ClFN2O3S. The van der Waals surface area contributed by atoms with Crippen molar-refractivity contribution in [2.45, 2.75) is 25.3 Å². The molecule has 0 N–H and O–H groups in total. The topological polar surface area (TPSA) is 57.7 Å². The molecule has 156 valence electrons. The summed E-state index contributed by atoms with van der Waals surface area (Å²) < 4.78 is 40.2. The van der Waals surface area contributed by atoms with Crippen molar-refractivity contribution >= 4 is 33.6 Å².